The Labute approximate surface area is 94.1 Å². The van der Waals surface area contributed by atoms with Gasteiger partial charge in [-0.2, -0.15) is 0 Å². The number of hydrogen-bond donors (Lipinski definition) is 4. The number of rotatable bonds is 4. The molecule has 0 aliphatic carbocycles. The average molecular weight is 233 g/mol. The Morgan fingerprint density at radius 1 is 1.31 bits per heavy atom. The lowest BCUT2D eigenvalue weighted by atomic mass is 9.93. The van der Waals surface area contributed by atoms with Gasteiger partial charge in [0, 0.05) is 6.54 Å². The van der Waals surface area contributed by atoms with Crippen molar-refractivity contribution in [2.45, 2.75) is 44.1 Å². The first-order chi connectivity index (χ1) is 7.49. The lowest BCUT2D eigenvalue weighted by Crippen LogP contribution is -2.63. The second-order valence-electron chi connectivity index (χ2n) is 4.18. The van der Waals surface area contributed by atoms with Gasteiger partial charge >= 0.3 is 5.97 Å². The fraction of sp³-hybridized carbons (Fsp3) is 0.900. The number of likely N-dealkylation sites (tertiary alicyclic amines) is 1. The smallest absolute Gasteiger partial charge is 0.323 e. The van der Waals surface area contributed by atoms with Crippen LogP contribution in [0.5, 0.6) is 0 Å². The molecule has 2 unspecified atom stereocenters. The van der Waals surface area contributed by atoms with Gasteiger partial charge < -0.3 is 20.4 Å². The topological polar surface area (TPSA) is 101 Å². The highest BCUT2D eigenvalue weighted by molar-refractivity contribution is 5.74. The molecule has 0 radical (unpaired) electrons. The first-order valence-corrected chi connectivity index (χ1v) is 5.50. The SMILES string of the molecule is CCCCN1CC(O)[C@@H](O)[C@H](O)C1C(=O)O. The molecule has 0 aromatic rings. The van der Waals surface area contributed by atoms with Gasteiger partial charge in [0.25, 0.3) is 0 Å². The number of piperidine rings is 1. The molecule has 1 saturated heterocycles. The van der Waals surface area contributed by atoms with Gasteiger partial charge in [0.2, 0.25) is 0 Å². The molecular weight excluding hydrogens is 214 g/mol. The summed E-state index contributed by atoms with van der Waals surface area (Å²) in [4.78, 5) is 12.5. The summed E-state index contributed by atoms with van der Waals surface area (Å²) in [5.41, 5.74) is 0. The number of aliphatic hydroxyl groups is 3. The molecule has 1 fully saturated rings. The maximum Gasteiger partial charge on any atom is 0.323 e. The van der Waals surface area contributed by atoms with Crippen LogP contribution in [0, 0.1) is 0 Å². The second kappa shape index (κ2) is 5.58. The number of nitrogens with zero attached hydrogens (tertiary/aromatic N) is 1. The van der Waals surface area contributed by atoms with Crippen LogP contribution in [-0.4, -0.2) is 68.7 Å². The number of carbonyl (C=O) groups is 1. The van der Waals surface area contributed by atoms with Crippen LogP contribution in [0.3, 0.4) is 0 Å². The summed E-state index contributed by atoms with van der Waals surface area (Å²) in [6.45, 7) is 2.55. The van der Waals surface area contributed by atoms with Crippen LogP contribution in [-0.2, 0) is 4.79 Å². The Kier molecular flexibility index (Phi) is 4.67. The van der Waals surface area contributed by atoms with Gasteiger partial charge in [-0.1, -0.05) is 13.3 Å². The van der Waals surface area contributed by atoms with E-state index in [0.29, 0.717) is 6.54 Å². The molecule has 0 aromatic heterocycles. The highest BCUT2D eigenvalue weighted by atomic mass is 16.4. The van der Waals surface area contributed by atoms with Crippen LogP contribution in [0.15, 0.2) is 0 Å². The molecule has 6 heteroatoms. The molecule has 0 aromatic carbocycles. The fourth-order valence-corrected chi connectivity index (χ4v) is 1.99. The van der Waals surface area contributed by atoms with E-state index >= 15 is 0 Å². The predicted octanol–water partition coefficient (Wildman–Crippen LogP) is -1.36. The maximum absolute atomic E-state index is 11.0. The average Bonchev–Trinajstić information content (AvgIpc) is 2.22. The van der Waals surface area contributed by atoms with E-state index in [4.69, 9.17) is 5.11 Å². The van der Waals surface area contributed by atoms with E-state index in [-0.39, 0.29) is 6.54 Å². The van der Waals surface area contributed by atoms with Crippen LogP contribution >= 0.6 is 0 Å². The van der Waals surface area contributed by atoms with Crippen LogP contribution in [0.25, 0.3) is 0 Å². The van der Waals surface area contributed by atoms with E-state index in [1.54, 1.807) is 0 Å². The van der Waals surface area contributed by atoms with Crippen LogP contribution in [0.2, 0.25) is 0 Å². The molecule has 1 aliphatic heterocycles. The summed E-state index contributed by atoms with van der Waals surface area (Å²) in [5, 5.41) is 37.5. The number of carboxylic acids is 1. The van der Waals surface area contributed by atoms with Gasteiger partial charge in [0.1, 0.15) is 18.2 Å². The van der Waals surface area contributed by atoms with E-state index in [1.165, 1.54) is 4.90 Å². The summed E-state index contributed by atoms with van der Waals surface area (Å²) < 4.78 is 0. The van der Waals surface area contributed by atoms with Crippen molar-refractivity contribution in [3.05, 3.63) is 0 Å². The van der Waals surface area contributed by atoms with Crippen LogP contribution in [0.1, 0.15) is 19.8 Å². The Morgan fingerprint density at radius 3 is 2.44 bits per heavy atom. The van der Waals surface area contributed by atoms with Gasteiger partial charge in [0.15, 0.2) is 0 Å². The summed E-state index contributed by atoms with van der Waals surface area (Å²) in [5.74, 6) is -1.17. The maximum atomic E-state index is 11.0. The van der Waals surface area contributed by atoms with E-state index in [0.717, 1.165) is 12.8 Å². The van der Waals surface area contributed by atoms with Crippen LogP contribution < -0.4 is 0 Å². The molecule has 4 atom stereocenters. The summed E-state index contributed by atoms with van der Waals surface area (Å²) in [6, 6.07) is -1.13. The standard InChI is InChI=1S/C10H19NO5/c1-2-3-4-11-5-6(12)8(13)9(14)7(11)10(15)16/h6-9,12-14H,2-5H2,1H3,(H,15,16)/t6?,7?,8-,9-/m1/s1. The number of carboxylic acid groups (broad SMARTS) is 1. The van der Waals surface area contributed by atoms with Gasteiger partial charge in [-0.15, -0.1) is 0 Å². The van der Waals surface area contributed by atoms with Gasteiger partial charge in [-0.05, 0) is 13.0 Å². The van der Waals surface area contributed by atoms with E-state index in [1.807, 2.05) is 6.92 Å². The van der Waals surface area contributed by atoms with E-state index in [9.17, 15) is 20.1 Å². The molecular formula is C10H19NO5. The minimum atomic E-state index is -1.45. The molecule has 1 rings (SSSR count). The minimum Gasteiger partial charge on any atom is -0.480 e. The highest BCUT2D eigenvalue weighted by Gasteiger charge is 2.44. The monoisotopic (exact) mass is 233 g/mol. The molecule has 0 bridgehead atoms. The zero-order chi connectivity index (χ0) is 12.3. The number of unbranched alkanes of at least 4 members (excludes halogenated alkanes) is 1. The molecule has 0 amide bonds. The Balaban J connectivity index is 2.75. The van der Waals surface area contributed by atoms with Gasteiger partial charge in [-0.3, -0.25) is 9.69 Å². The van der Waals surface area contributed by atoms with Gasteiger partial charge in [0.05, 0.1) is 6.10 Å². The number of hydrogen-bond acceptors (Lipinski definition) is 5. The van der Waals surface area contributed by atoms with Crippen molar-refractivity contribution in [2.24, 2.45) is 0 Å². The summed E-state index contributed by atoms with van der Waals surface area (Å²) >= 11 is 0. The van der Waals surface area contributed by atoms with Crippen molar-refractivity contribution in [3.63, 3.8) is 0 Å². The molecule has 1 aliphatic rings. The van der Waals surface area contributed by atoms with E-state index < -0.39 is 30.3 Å². The molecule has 0 saturated carbocycles. The van der Waals surface area contributed by atoms with Crippen molar-refractivity contribution in [2.75, 3.05) is 13.1 Å². The minimum absolute atomic E-state index is 0.0786. The Morgan fingerprint density at radius 2 is 1.94 bits per heavy atom. The zero-order valence-electron chi connectivity index (χ0n) is 9.28. The Bertz CT molecular complexity index is 247. The van der Waals surface area contributed by atoms with Crippen molar-refractivity contribution < 1.29 is 25.2 Å². The van der Waals surface area contributed by atoms with Crippen LogP contribution in [0.4, 0.5) is 0 Å². The zero-order valence-corrected chi connectivity index (χ0v) is 9.28. The summed E-state index contributed by atoms with van der Waals surface area (Å²) in [7, 11) is 0. The Hall–Kier alpha value is -0.690. The first kappa shape index (κ1) is 13.4. The first-order valence-electron chi connectivity index (χ1n) is 5.50. The quantitative estimate of drug-likeness (QED) is 0.478. The lowest BCUT2D eigenvalue weighted by Gasteiger charge is -2.41. The van der Waals surface area contributed by atoms with Crippen molar-refractivity contribution in [3.8, 4) is 0 Å². The lowest BCUT2D eigenvalue weighted by molar-refractivity contribution is -0.170. The van der Waals surface area contributed by atoms with Gasteiger partial charge in [-0.25, -0.2) is 0 Å². The van der Waals surface area contributed by atoms with Crippen molar-refractivity contribution in [1.82, 2.24) is 4.90 Å². The third-order valence-electron chi connectivity index (χ3n) is 2.93. The molecule has 0 spiro atoms. The third-order valence-corrected chi connectivity index (χ3v) is 2.93. The summed E-state index contributed by atoms with van der Waals surface area (Å²) in [6.07, 6.45) is -2.24. The number of aliphatic hydroxyl groups excluding tert-OH is 3. The predicted molar refractivity (Wildman–Crippen MR) is 55.9 cm³/mol. The third kappa shape index (κ3) is 2.70. The van der Waals surface area contributed by atoms with E-state index in [2.05, 4.69) is 0 Å². The second-order valence-corrected chi connectivity index (χ2v) is 4.18. The molecule has 4 N–H and O–H groups in total. The molecule has 94 valence electrons. The van der Waals surface area contributed by atoms with Crippen molar-refractivity contribution in [1.29, 1.82) is 0 Å². The molecule has 1 heterocycles. The largest absolute Gasteiger partial charge is 0.480 e. The fourth-order valence-electron chi connectivity index (χ4n) is 1.99. The molecule has 6 nitrogen and oxygen atoms in total. The van der Waals surface area contributed by atoms with Crippen molar-refractivity contribution >= 4 is 5.97 Å². The number of β-amino-alcohol motifs (C(OH)–C–C–N with tert-alkyl or cyclic N) is 1. The highest BCUT2D eigenvalue weighted by Crippen LogP contribution is 2.19. The normalized spacial score (nSPS) is 36.2. The molecule has 16 heavy (non-hydrogen) atoms. The number of aliphatic carboxylic acids is 1.